The molecule has 0 bridgehead atoms. The third-order valence-electron chi connectivity index (χ3n) is 4.91. The number of rotatable bonds is 9. The van der Waals surface area contributed by atoms with Gasteiger partial charge < -0.3 is 15.0 Å². The lowest BCUT2D eigenvalue weighted by atomic mass is 10.1. The van der Waals surface area contributed by atoms with Gasteiger partial charge >= 0.3 is 0 Å². The van der Waals surface area contributed by atoms with Crippen LogP contribution in [0.5, 0.6) is 5.75 Å². The van der Waals surface area contributed by atoms with E-state index in [2.05, 4.69) is 21.2 Å². The number of hydrogen-bond acceptors (Lipinski definition) is 3. The van der Waals surface area contributed by atoms with Crippen molar-refractivity contribution in [2.45, 2.75) is 59.7 Å². The Kier molecular flexibility index (Phi) is 8.90. The van der Waals surface area contributed by atoms with Crippen LogP contribution in [0.1, 0.15) is 43.9 Å². The minimum atomic E-state index is -0.560. The van der Waals surface area contributed by atoms with Crippen LogP contribution < -0.4 is 10.1 Å². The Morgan fingerprint density at radius 1 is 1.10 bits per heavy atom. The van der Waals surface area contributed by atoms with E-state index >= 15 is 0 Å². The molecule has 0 radical (unpaired) electrons. The number of nitrogens with one attached hydrogen (secondary N) is 1. The minimum Gasteiger partial charge on any atom is -0.484 e. The number of benzene rings is 2. The van der Waals surface area contributed by atoms with Crippen LogP contribution >= 0.6 is 15.9 Å². The molecule has 6 heteroatoms. The van der Waals surface area contributed by atoms with Crippen LogP contribution in [-0.2, 0) is 16.1 Å². The van der Waals surface area contributed by atoms with Gasteiger partial charge in [0.1, 0.15) is 11.8 Å². The van der Waals surface area contributed by atoms with Crippen LogP contribution in [0.25, 0.3) is 0 Å². The first kappa shape index (κ1) is 23.9. The highest BCUT2D eigenvalue weighted by Gasteiger charge is 2.29. The van der Waals surface area contributed by atoms with E-state index in [1.807, 2.05) is 77.1 Å². The smallest absolute Gasteiger partial charge is 0.261 e. The van der Waals surface area contributed by atoms with Crippen molar-refractivity contribution in [3.8, 4) is 5.75 Å². The summed E-state index contributed by atoms with van der Waals surface area (Å²) in [5.41, 5.74) is 3.12. The average Bonchev–Trinajstić information content (AvgIpc) is 2.69. The Morgan fingerprint density at radius 2 is 1.80 bits per heavy atom. The normalized spacial score (nSPS) is 11.8. The minimum absolute atomic E-state index is 0.00366. The molecular weight excluding hydrogens is 444 g/mol. The summed E-state index contributed by atoms with van der Waals surface area (Å²) in [6.45, 7) is 9.95. The van der Waals surface area contributed by atoms with Gasteiger partial charge in [-0.3, -0.25) is 9.59 Å². The van der Waals surface area contributed by atoms with Gasteiger partial charge in [-0.2, -0.15) is 0 Å². The SMILES string of the molecule is CCC(C(=O)NC(C)C)N(Cc1ccccc1C)C(=O)COc1ccc(Br)c(C)c1. The summed E-state index contributed by atoms with van der Waals surface area (Å²) in [5.74, 6) is 0.262. The third kappa shape index (κ3) is 6.59. The summed E-state index contributed by atoms with van der Waals surface area (Å²) in [4.78, 5) is 27.6. The summed E-state index contributed by atoms with van der Waals surface area (Å²) in [6.07, 6.45) is 0.521. The first-order valence-electron chi connectivity index (χ1n) is 10.3. The summed E-state index contributed by atoms with van der Waals surface area (Å²) in [6, 6.07) is 12.9. The molecule has 2 aromatic carbocycles. The van der Waals surface area contributed by atoms with Gasteiger partial charge in [-0.1, -0.05) is 47.1 Å². The highest BCUT2D eigenvalue weighted by molar-refractivity contribution is 9.10. The standard InChI is InChI=1S/C24H31BrN2O3/c1-6-22(24(29)26-16(2)3)27(14-19-10-8-7-9-17(19)4)23(28)15-30-20-11-12-21(25)18(5)13-20/h7-13,16,22H,6,14-15H2,1-5H3,(H,26,29). The highest BCUT2D eigenvalue weighted by atomic mass is 79.9. The Bertz CT molecular complexity index is 883. The third-order valence-corrected chi connectivity index (χ3v) is 5.80. The molecule has 0 saturated carbocycles. The summed E-state index contributed by atoms with van der Waals surface area (Å²) in [5, 5.41) is 2.94. The Labute approximate surface area is 187 Å². The molecule has 0 aromatic heterocycles. The zero-order valence-corrected chi connectivity index (χ0v) is 20.0. The molecule has 0 saturated heterocycles. The van der Waals surface area contributed by atoms with E-state index in [1.54, 1.807) is 4.90 Å². The predicted molar refractivity (Wildman–Crippen MR) is 123 cm³/mol. The topological polar surface area (TPSA) is 58.6 Å². The van der Waals surface area contributed by atoms with Crippen LogP contribution in [0, 0.1) is 13.8 Å². The molecule has 1 atom stereocenters. The Hall–Kier alpha value is -2.34. The molecule has 0 heterocycles. The van der Waals surface area contributed by atoms with Gasteiger partial charge in [-0.15, -0.1) is 0 Å². The number of halogens is 1. The second kappa shape index (κ2) is 11.2. The second-order valence-electron chi connectivity index (χ2n) is 7.74. The lowest BCUT2D eigenvalue weighted by molar-refractivity contribution is -0.143. The van der Waals surface area contributed by atoms with Gasteiger partial charge in [0.05, 0.1) is 0 Å². The monoisotopic (exact) mass is 474 g/mol. The number of carbonyl (C=O) groups excluding carboxylic acids is 2. The molecule has 0 aliphatic carbocycles. The second-order valence-corrected chi connectivity index (χ2v) is 8.59. The van der Waals surface area contributed by atoms with Gasteiger partial charge in [-0.25, -0.2) is 0 Å². The molecule has 30 heavy (non-hydrogen) atoms. The molecule has 0 aliphatic heterocycles. The van der Waals surface area contributed by atoms with Crippen molar-refractivity contribution in [2.75, 3.05) is 6.61 Å². The Balaban J connectivity index is 2.23. The van der Waals surface area contributed by atoms with Gasteiger partial charge in [0.25, 0.3) is 5.91 Å². The number of nitrogens with zero attached hydrogens (tertiary/aromatic N) is 1. The van der Waals surface area contributed by atoms with E-state index in [1.165, 1.54) is 0 Å². The number of amides is 2. The van der Waals surface area contributed by atoms with Gasteiger partial charge in [0, 0.05) is 17.1 Å². The van der Waals surface area contributed by atoms with Crippen molar-refractivity contribution in [3.63, 3.8) is 0 Å². The molecule has 2 rings (SSSR count). The average molecular weight is 475 g/mol. The van der Waals surface area contributed by atoms with Crippen LogP contribution in [-0.4, -0.2) is 35.4 Å². The van der Waals surface area contributed by atoms with Crippen LogP contribution in [0.15, 0.2) is 46.9 Å². The van der Waals surface area contributed by atoms with E-state index in [0.29, 0.717) is 18.7 Å². The van der Waals surface area contributed by atoms with Crippen molar-refractivity contribution in [1.29, 1.82) is 0 Å². The molecule has 0 fully saturated rings. The van der Waals surface area contributed by atoms with Crippen LogP contribution in [0.4, 0.5) is 0 Å². The lowest BCUT2D eigenvalue weighted by Crippen LogP contribution is -2.51. The van der Waals surface area contributed by atoms with Crippen molar-refractivity contribution < 1.29 is 14.3 Å². The first-order chi connectivity index (χ1) is 14.2. The van der Waals surface area contributed by atoms with E-state index in [-0.39, 0.29) is 24.5 Å². The quantitative estimate of drug-likeness (QED) is 0.568. The molecule has 5 nitrogen and oxygen atoms in total. The number of carbonyl (C=O) groups is 2. The number of hydrogen-bond donors (Lipinski definition) is 1. The van der Waals surface area contributed by atoms with E-state index in [4.69, 9.17) is 4.74 Å². The molecule has 1 N–H and O–H groups in total. The maximum Gasteiger partial charge on any atom is 0.261 e. The molecule has 162 valence electrons. The zero-order chi connectivity index (χ0) is 22.3. The van der Waals surface area contributed by atoms with Gasteiger partial charge in [0.2, 0.25) is 5.91 Å². The largest absolute Gasteiger partial charge is 0.484 e. The highest BCUT2D eigenvalue weighted by Crippen LogP contribution is 2.22. The van der Waals surface area contributed by atoms with E-state index < -0.39 is 6.04 Å². The van der Waals surface area contributed by atoms with E-state index in [9.17, 15) is 9.59 Å². The number of aryl methyl sites for hydroxylation is 2. The summed E-state index contributed by atoms with van der Waals surface area (Å²) in [7, 11) is 0. The van der Waals surface area contributed by atoms with Crippen molar-refractivity contribution in [1.82, 2.24) is 10.2 Å². The maximum absolute atomic E-state index is 13.2. The zero-order valence-electron chi connectivity index (χ0n) is 18.4. The molecule has 2 amide bonds. The lowest BCUT2D eigenvalue weighted by Gasteiger charge is -2.31. The first-order valence-corrected chi connectivity index (χ1v) is 11.1. The van der Waals surface area contributed by atoms with Gasteiger partial charge in [-0.05, 0) is 69.0 Å². The van der Waals surface area contributed by atoms with Crippen molar-refractivity contribution in [3.05, 3.63) is 63.6 Å². The summed E-state index contributed by atoms with van der Waals surface area (Å²) >= 11 is 3.47. The Morgan fingerprint density at radius 3 is 2.40 bits per heavy atom. The molecule has 2 aromatic rings. The fourth-order valence-corrected chi connectivity index (χ4v) is 3.45. The predicted octanol–water partition coefficient (Wildman–Crippen LogP) is 4.78. The van der Waals surface area contributed by atoms with Crippen molar-refractivity contribution in [2.24, 2.45) is 0 Å². The molecule has 0 spiro atoms. The fourth-order valence-electron chi connectivity index (χ4n) is 3.21. The van der Waals surface area contributed by atoms with Gasteiger partial charge in [0.15, 0.2) is 6.61 Å². The van der Waals surface area contributed by atoms with E-state index in [0.717, 1.165) is 21.2 Å². The fraction of sp³-hybridized carbons (Fsp3) is 0.417. The number of ether oxygens (including phenoxy) is 1. The molecular formula is C24H31BrN2O3. The van der Waals surface area contributed by atoms with Crippen molar-refractivity contribution >= 4 is 27.7 Å². The summed E-state index contributed by atoms with van der Waals surface area (Å²) < 4.78 is 6.75. The maximum atomic E-state index is 13.2. The molecule has 1 unspecified atom stereocenters. The van der Waals surface area contributed by atoms with Crippen LogP contribution in [0.2, 0.25) is 0 Å². The van der Waals surface area contributed by atoms with Crippen LogP contribution in [0.3, 0.4) is 0 Å². The molecule has 0 aliphatic rings.